The summed E-state index contributed by atoms with van der Waals surface area (Å²) >= 11 is 0. The van der Waals surface area contributed by atoms with Gasteiger partial charge < -0.3 is 0 Å². The summed E-state index contributed by atoms with van der Waals surface area (Å²) in [6.07, 6.45) is 20.2. The highest BCUT2D eigenvalue weighted by Gasteiger charge is 1.72. The van der Waals surface area contributed by atoms with Gasteiger partial charge in [-0.3, -0.25) is 0 Å². The molecule has 0 unspecified atom stereocenters. The predicted octanol–water partition coefficient (Wildman–Crippen LogP) is 14.5. The van der Waals surface area contributed by atoms with E-state index in [1.807, 2.05) is 91.8 Å². The molecule has 1 aromatic carbocycles. The van der Waals surface area contributed by atoms with Crippen LogP contribution in [0.3, 0.4) is 0 Å². The van der Waals surface area contributed by atoms with Crippen LogP contribution in [-0.2, 0) is 0 Å². The van der Waals surface area contributed by atoms with E-state index in [0.29, 0.717) is 0 Å². The van der Waals surface area contributed by atoms with Gasteiger partial charge >= 0.3 is 0 Å². The van der Waals surface area contributed by atoms with E-state index in [-0.39, 0.29) is 0 Å². The molecule has 0 heterocycles. The van der Waals surface area contributed by atoms with Crippen molar-refractivity contribution >= 4 is 0 Å². The molecule has 0 aromatic heterocycles. The highest BCUT2D eigenvalue weighted by molar-refractivity contribution is 5.12. The summed E-state index contributed by atoms with van der Waals surface area (Å²) in [5.74, 6) is 0. The van der Waals surface area contributed by atoms with E-state index in [4.69, 9.17) is 0 Å². The number of allylic oxidation sites excluding steroid dienone is 4. The first-order chi connectivity index (χ1) is 17.2. The number of hydrogen-bond acceptors (Lipinski definition) is 0. The van der Waals surface area contributed by atoms with Gasteiger partial charge in [0, 0.05) is 0 Å². The second kappa shape index (κ2) is 105. The van der Waals surface area contributed by atoms with Crippen molar-refractivity contribution in [2.24, 2.45) is 0 Å². The Morgan fingerprint density at radius 3 is 0.600 bits per heavy atom. The van der Waals surface area contributed by atoms with Gasteiger partial charge in [0.05, 0.1) is 0 Å². The van der Waals surface area contributed by atoms with Gasteiger partial charge in [-0.2, -0.15) is 0 Å². The van der Waals surface area contributed by atoms with Crippen LogP contribution >= 0.6 is 0 Å². The fraction of sp³-hybridized carbons (Fsp3) is 0.714. The molecular formula is C35H76. The molecule has 0 radical (unpaired) electrons. The Bertz CT molecular complexity index is 272. The minimum absolute atomic E-state index is 1.14. The third kappa shape index (κ3) is 164. The van der Waals surface area contributed by atoms with E-state index in [0.717, 1.165) is 6.42 Å². The monoisotopic (exact) mass is 497 g/mol. The second-order valence-electron chi connectivity index (χ2n) is 6.37. The van der Waals surface area contributed by atoms with Crippen LogP contribution in [-0.4, -0.2) is 0 Å². The molecular weight excluding hydrogens is 420 g/mol. The van der Waals surface area contributed by atoms with E-state index in [1.54, 1.807) is 0 Å². The largest absolute Gasteiger partial charge is 0.0808 e. The number of benzene rings is 1. The zero-order valence-electron chi connectivity index (χ0n) is 28.1. The molecule has 0 fully saturated rings. The van der Waals surface area contributed by atoms with Crippen LogP contribution in [0.1, 0.15) is 169 Å². The summed E-state index contributed by atoms with van der Waals surface area (Å²) in [5, 5.41) is 0. The molecule has 0 saturated carbocycles. The lowest BCUT2D eigenvalue weighted by molar-refractivity contribution is 0.772. The molecule has 0 saturated heterocycles. The first-order valence-electron chi connectivity index (χ1n) is 15.5. The lowest BCUT2D eigenvalue weighted by atomic mass is 10.3. The van der Waals surface area contributed by atoms with Crippen LogP contribution in [0.4, 0.5) is 0 Å². The van der Waals surface area contributed by atoms with Gasteiger partial charge in [0.2, 0.25) is 0 Å². The maximum Gasteiger partial charge on any atom is -0.0163 e. The number of hydrogen-bond donors (Lipinski definition) is 0. The molecule has 1 aliphatic rings. The number of rotatable bonds is 4. The highest BCUT2D eigenvalue weighted by Crippen LogP contribution is 1.93. The minimum Gasteiger partial charge on any atom is -0.0808 e. The lowest BCUT2D eigenvalue weighted by Gasteiger charge is -1.79. The Labute approximate surface area is 229 Å². The van der Waals surface area contributed by atoms with E-state index in [1.165, 1.54) is 51.4 Å². The molecule has 0 spiro atoms. The summed E-state index contributed by atoms with van der Waals surface area (Å²) in [7, 11) is 0. The van der Waals surface area contributed by atoms with Crippen LogP contribution in [0.15, 0.2) is 60.7 Å². The molecule has 216 valence electrons. The van der Waals surface area contributed by atoms with Crippen molar-refractivity contribution in [2.45, 2.75) is 169 Å². The van der Waals surface area contributed by atoms with Gasteiger partial charge in [0.15, 0.2) is 0 Å². The normalized spacial score (nSPS) is 8.00. The minimum atomic E-state index is 1.14. The molecule has 0 heteroatoms. The molecule has 1 aromatic rings. The average molecular weight is 497 g/mol. The van der Waals surface area contributed by atoms with E-state index in [9.17, 15) is 0 Å². The molecule has 0 atom stereocenters. The third-order valence-electron chi connectivity index (χ3n) is 2.74. The average Bonchev–Trinajstić information content (AvgIpc) is 3.53. The smallest absolute Gasteiger partial charge is 0.0163 e. The van der Waals surface area contributed by atoms with Crippen LogP contribution in [0.25, 0.3) is 0 Å². The fourth-order valence-corrected chi connectivity index (χ4v) is 1.48. The van der Waals surface area contributed by atoms with Gasteiger partial charge in [0.25, 0.3) is 0 Å². The summed E-state index contributed by atoms with van der Waals surface area (Å²) in [6.45, 7) is 33.3. The van der Waals surface area contributed by atoms with Gasteiger partial charge in [-0.25, -0.2) is 0 Å². The Kier molecular flexibility index (Phi) is 163. The molecule has 1 aliphatic carbocycles. The lowest BCUT2D eigenvalue weighted by Crippen LogP contribution is -1.59. The Morgan fingerprint density at radius 1 is 0.371 bits per heavy atom. The van der Waals surface area contributed by atoms with Crippen LogP contribution in [0, 0.1) is 0 Å². The zero-order valence-corrected chi connectivity index (χ0v) is 28.1. The molecule has 0 bridgehead atoms. The maximum absolute atomic E-state index is 2.21. The first kappa shape index (κ1) is 54.6. The van der Waals surface area contributed by atoms with Crippen LogP contribution in [0.5, 0.6) is 0 Å². The standard InChI is InChI=1S/C6H6.C5H6.2C5H12.2C3H8.4C2H6/c1-2-4-6-5-3-1;1-2-4-5-3-1;2*1-3-5-4-2;2*1-3-2;4*1-2/h1-6H;1-4H,5H2;2*3-5H2,1-2H3;2*3H2,1-2H3;4*1-2H3. The first-order valence-corrected chi connectivity index (χ1v) is 15.5. The van der Waals surface area contributed by atoms with Crippen molar-refractivity contribution < 1.29 is 0 Å². The van der Waals surface area contributed by atoms with Crippen molar-refractivity contribution in [1.82, 2.24) is 0 Å². The van der Waals surface area contributed by atoms with Crippen molar-refractivity contribution in [3.05, 3.63) is 60.7 Å². The van der Waals surface area contributed by atoms with Crippen LogP contribution < -0.4 is 0 Å². The molecule has 0 nitrogen and oxygen atoms in total. The maximum atomic E-state index is 2.21. The summed E-state index contributed by atoms with van der Waals surface area (Å²) < 4.78 is 0. The zero-order chi connectivity index (χ0) is 29.4. The Morgan fingerprint density at radius 2 is 0.543 bits per heavy atom. The van der Waals surface area contributed by atoms with Gasteiger partial charge in [-0.1, -0.05) is 223 Å². The fourth-order valence-electron chi connectivity index (χ4n) is 1.48. The second-order valence-corrected chi connectivity index (χ2v) is 6.37. The van der Waals surface area contributed by atoms with Crippen molar-refractivity contribution in [2.75, 3.05) is 0 Å². The van der Waals surface area contributed by atoms with E-state index >= 15 is 0 Å². The van der Waals surface area contributed by atoms with Crippen molar-refractivity contribution in [3.8, 4) is 0 Å². The molecule has 0 aliphatic heterocycles. The van der Waals surface area contributed by atoms with E-state index in [2.05, 4.69) is 79.7 Å². The summed E-state index contributed by atoms with van der Waals surface area (Å²) in [4.78, 5) is 0. The quantitative estimate of drug-likeness (QED) is 0.388. The topological polar surface area (TPSA) is 0 Å². The molecule has 35 heavy (non-hydrogen) atoms. The molecule has 2 rings (SSSR count). The van der Waals surface area contributed by atoms with Crippen molar-refractivity contribution in [1.29, 1.82) is 0 Å². The Balaban J connectivity index is -0.0000000399. The molecule has 0 amide bonds. The SMILES string of the molecule is C1=CCC=C1.CC.CC.CC.CC.CCC.CCC.CCCCC.CCCCC.c1ccccc1. The van der Waals surface area contributed by atoms with Gasteiger partial charge in [0.1, 0.15) is 0 Å². The summed E-state index contributed by atoms with van der Waals surface area (Å²) in [5.41, 5.74) is 0. The Hall–Kier alpha value is -1.30. The summed E-state index contributed by atoms with van der Waals surface area (Å²) in [6, 6.07) is 12.0. The molecule has 0 N–H and O–H groups in total. The van der Waals surface area contributed by atoms with Gasteiger partial charge in [-0.05, 0) is 6.42 Å². The van der Waals surface area contributed by atoms with E-state index < -0.39 is 0 Å². The highest BCUT2D eigenvalue weighted by atomic mass is 13.8. The number of unbranched alkanes of at least 4 members (excludes halogenated alkanes) is 4. The third-order valence-corrected chi connectivity index (χ3v) is 2.74. The van der Waals surface area contributed by atoms with Crippen LogP contribution in [0.2, 0.25) is 0 Å². The van der Waals surface area contributed by atoms with Crippen molar-refractivity contribution in [3.63, 3.8) is 0 Å². The van der Waals surface area contributed by atoms with Gasteiger partial charge in [-0.15, -0.1) is 0 Å². The predicted molar refractivity (Wildman–Crippen MR) is 177 cm³/mol.